The summed E-state index contributed by atoms with van der Waals surface area (Å²) in [7, 11) is -3.60. The normalized spacial score (nSPS) is 17.7. The number of thioether (sulfide) groups is 1. The second-order valence-corrected chi connectivity index (χ2v) is 12.0. The van der Waals surface area contributed by atoms with Gasteiger partial charge >= 0.3 is 0 Å². The van der Waals surface area contributed by atoms with Gasteiger partial charge in [-0.15, -0.1) is 0 Å². The minimum atomic E-state index is -3.60. The van der Waals surface area contributed by atoms with Gasteiger partial charge in [-0.25, -0.2) is 13.4 Å². The summed E-state index contributed by atoms with van der Waals surface area (Å²) in [4.78, 5) is 7.56. The van der Waals surface area contributed by atoms with Crippen LogP contribution in [-0.4, -0.2) is 86.3 Å². The molecule has 0 aliphatic carbocycles. The Morgan fingerprint density at radius 2 is 1.65 bits per heavy atom. The minimum Gasteiger partial charge on any atom is -0.379 e. The largest absolute Gasteiger partial charge is 0.379 e. The Balaban J connectivity index is 1.39. The molecule has 2 aliphatic heterocycles. The molecule has 0 spiro atoms. The Morgan fingerprint density at radius 3 is 2.35 bits per heavy atom. The van der Waals surface area contributed by atoms with E-state index in [-0.39, 0.29) is 4.90 Å². The molecule has 5 rings (SSSR count). The second kappa shape index (κ2) is 11.9. The predicted octanol–water partition coefficient (Wildman–Crippen LogP) is 2.94. The van der Waals surface area contributed by atoms with Crippen LogP contribution in [0.5, 0.6) is 0 Å². The fraction of sp³-hybridized carbons (Fsp3) is 0.462. The van der Waals surface area contributed by atoms with Gasteiger partial charge in [0.25, 0.3) is 0 Å². The van der Waals surface area contributed by atoms with Crippen LogP contribution in [0.4, 0.5) is 0 Å². The summed E-state index contributed by atoms with van der Waals surface area (Å²) in [5, 5.41) is 9.93. The Labute approximate surface area is 222 Å². The van der Waals surface area contributed by atoms with Crippen molar-refractivity contribution in [1.29, 1.82) is 5.26 Å². The van der Waals surface area contributed by atoms with Crippen LogP contribution in [0.3, 0.4) is 0 Å². The Hall–Kier alpha value is -2.46. The SMILES string of the molecule is N#Cc1ccc(CSc2nc3cc(S(=O)(=O)N4CCOCC4)ccc3n2CCCN2CCOCC2)cc1. The highest BCUT2D eigenvalue weighted by Gasteiger charge is 2.27. The standard InChI is InChI=1S/C26H31N5O4S2/c27-19-21-2-4-22(5-3-21)20-36-26-28-24-18-23(37(32,33)30-12-16-35-17-13-30)6-7-25(24)31(26)9-1-8-29-10-14-34-15-11-29/h2-7,18H,1,8-17,20H2. The van der Waals surface area contributed by atoms with Gasteiger partial charge in [-0.2, -0.15) is 9.57 Å². The number of sulfonamides is 1. The lowest BCUT2D eigenvalue weighted by Gasteiger charge is -2.26. The smallest absolute Gasteiger partial charge is 0.243 e. The molecular formula is C26H31N5O4S2. The number of aryl methyl sites for hydroxylation is 1. The van der Waals surface area contributed by atoms with E-state index in [1.54, 1.807) is 23.9 Å². The summed E-state index contributed by atoms with van der Waals surface area (Å²) in [6, 6.07) is 15.0. The number of aromatic nitrogens is 2. The van der Waals surface area contributed by atoms with Crippen molar-refractivity contribution in [3.63, 3.8) is 0 Å². The molecule has 0 atom stereocenters. The number of imidazole rings is 1. The van der Waals surface area contributed by atoms with Gasteiger partial charge < -0.3 is 14.0 Å². The Kier molecular flexibility index (Phi) is 8.44. The topological polar surface area (TPSA) is 101 Å². The maximum Gasteiger partial charge on any atom is 0.243 e. The van der Waals surface area contributed by atoms with Gasteiger partial charge in [-0.1, -0.05) is 23.9 Å². The Morgan fingerprint density at radius 1 is 0.946 bits per heavy atom. The molecule has 9 nitrogen and oxygen atoms in total. The monoisotopic (exact) mass is 541 g/mol. The molecule has 0 bridgehead atoms. The van der Waals surface area contributed by atoms with Crippen molar-refractivity contribution in [2.24, 2.45) is 0 Å². The molecule has 37 heavy (non-hydrogen) atoms. The molecular weight excluding hydrogens is 510 g/mol. The maximum atomic E-state index is 13.2. The third-order valence-electron chi connectivity index (χ3n) is 6.70. The van der Waals surface area contributed by atoms with Crippen LogP contribution in [-0.2, 0) is 31.8 Å². The zero-order valence-corrected chi connectivity index (χ0v) is 22.3. The molecule has 11 heteroatoms. The third kappa shape index (κ3) is 6.17. The Bertz CT molecular complexity index is 1360. The number of rotatable bonds is 9. The summed E-state index contributed by atoms with van der Waals surface area (Å²) < 4.78 is 40.9. The van der Waals surface area contributed by atoms with Gasteiger partial charge in [0.2, 0.25) is 10.0 Å². The summed E-state index contributed by atoms with van der Waals surface area (Å²) >= 11 is 1.63. The van der Waals surface area contributed by atoms with Crippen molar-refractivity contribution < 1.29 is 17.9 Å². The van der Waals surface area contributed by atoms with E-state index in [1.165, 1.54) is 4.31 Å². The van der Waals surface area contributed by atoms with E-state index in [2.05, 4.69) is 15.5 Å². The average molecular weight is 542 g/mol. The first kappa shape index (κ1) is 26.2. The van der Waals surface area contributed by atoms with Crippen LogP contribution in [0.2, 0.25) is 0 Å². The van der Waals surface area contributed by atoms with Gasteiger partial charge in [-0.05, 0) is 42.3 Å². The fourth-order valence-electron chi connectivity index (χ4n) is 4.61. The van der Waals surface area contributed by atoms with Gasteiger partial charge in [0.05, 0.1) is 54.0 Å². The number of hydrogen-bond donors (Lipinski definition) is 0. The first-order valence-corrected chi connectivity index (χ1v) is 15.0. The number of morpholine rings is 2. The lowest BCUT2D eigenvalue weighted by atomic mass is 10.2. The van der Waals surface area contributed by atoms with Gasteiger partial charge in [-0.3, -0.25) is 4.90 Å². The van der Waals surface area contributed by atoms with Crippen LogP contribution < -0.4 is 0 Å². The molecule has 196 valence electrons. The molecule has 3 aromatic rings. The number of nitriles is 1. The van der Waals surface area contributed by atoms with Crippen molar-refractivity contribution in [3.8, 4) is 6.07 Å². The van der Waals surface area contributed by atoms with E-state index in [0.717, 1.165) is 62.1 Å². The molecule has 3 heterocycles. The number of hydrogen-bond acceptors (Lipinski definition) is 8. The van der Waals surface area contributed by atoms with Gasteiger partial charge in [0.1, 0.15) is 0 Å². The molecule has 0 saturated carbocycles. The summed E-state index contributed by atoms with van der Waals surface area (Å²) in [6.45, 7) is 6.78. The highest BCUT2D eigenvalue weighted by atomic mass is 32.2. The van der Waals surface area contributed by atoms with Crippen molar-refractivity contribution in [2.75, 3.05) is 59.2 Å². The van der Waals surface area contributed by atoms with Gasteiger partial charge in [0, 0.05) is 45.0 Å². The average Bonchev–Trinajstić information content (AvgIpc) is 3.30. The van der Waals surface area contributed by atoms with E-state index < -0.39 is 10.0 Å². The lowest BCUT2D eigenvalue weighted by Crippen LogP contribution is -2.40. The highest BCUT2D eigenvalue weighted by Crippen LogP contribution is 2.30. The van der Waals surface area contributed by atoms with Crippen molar-refractivity contribution >= 4 is 32.8 Å². The molecule has 0 radical (unpaired) electrons. The first-order chi connectivity index (χ1) is 18.0. The number of ether oxygens (including phenoxy) is 2. The van der Waals surface area contributed by atoms with E-state index in [4.69, 9.17) is 19.7 Å². The summed E-state index contributed by atoms with van der Waals surface area (Å²) in [5.41, 5.74) is 3.36. The zero-order chi connectivity index (χ0) is 25.7. The number of nitrogens with zero attached hydrogens (tertiary/aromatic N) is 5. The predicted molar refractivity (Wildman–Crippen MR) is 142 cm³/mol. The van der Waals surface area contributed by atoms with Gasteiger partial charge in [0.15, 0.2) is 5.16 Å². The van der Waals surface area contributed by atoms with Crippen LogP contribution in [0, 0.1) is 11.3 Å². The molecule has 0 amide bonds. The highest BCUT2D eigenvalue weighted by molar-refractivity contribution is 7.98. The van der Waals surface area contributed by atoms with Crippen molar-refractivity contribution in [1.82, 2.24) is 18.8 Å². The molecule has 2 saturated heterocycles. The minimum absolute atomic E-state index is 0.267. The van der Waals surface area contributed by atoms with E-state index in [9.17, 15) is 8.42 Å². The van der Waals surface area contributed by atoms with Crippen molar-refractivity contribution in [3.05, 3.63) is 53.6 Å². The van der Waals surface area contributed by atoms with Crippen LogP contribution in [0.15, 0.2) is 52.5 Å². The van der Waals surface area contributed by atoms with E-state index in [1.807, 2.05) is 30.3 Å². The van der Waals surface area contributed by atoms with Crippen LogP contribution >= 0.6 is 11.8 Å². The molecule has 1 aromatic heterocycles. The maximum absolute atomic E-state index is 13.2. The molecule has 0 unspecified atom stereocenters. The van der Waals surface area contributed by atoms with E-state index >= 15 is 0 Å². The molecule has 2 aliphatic rings. The summed E-state index contributed by atoms with van der Waals surface area (Å²) in [6.07, 6.45) is 0.962. The quantitative estimate of drug-likeness (QED) is 0.381. The molecule has 0 N–H and O–H groups in total. The second-order valence-electron chi connectivity index (χ2n) is 9.12. The first-order valence-electron chi connectivity index (χ1n) is 12.5. The van der Waals surface area contributed by atoms with E-state index in [0.29, 0.717) is 43.1 Å². The third-order valence-corrected chi connectivity index (χ3v) is 9.65. The van der Waals surface area contributed by atoms with Crippen molar-refractivity contribution in [2.45, 2.75) is 28.8 Å². The molecule has 2 fully saturated rings. The number of fused-ring (bicyclic) bond motifs is 1. The summed E-state index contributed by atoms with van der Waals surface area (Å²) in [5.74, 6) is 0.706. The van der Waals surface area contributed by atoms with Crippen LogP contribution in [0.25, 0.3) is 11.0 Å². The number of benzene rings is 2. The fourth-order valence-corrected chi connectivity index (χ4v) is 7.04. The zero-order valence-electron chi connectivity index (χ0n) is 20.7. The van der Waals surface area contributed by atoms with Crippen LogP contribution in [0.1, 0.15) is 17.5 Å². The lowest BCUT2D eigenvalue weighted by molar-refractivity contribution is 0.0369. The molecule has 2 aromatic carbocycles.